The highest BCUT2D eigenvalue weighted by molar-refractivity contribution is 6.29. The predicted octanol–water partition coefficient (Wildman–Crippen LogP) is 2.18. The third kappa shape index (κ3) is 4.13. The third-order valence-electron chi connectivity index (χ3n) is 2.56. The molecule has 0 aliphatic rings. The van der Waals surface area contributed by atoms with Crippen LogP contribution in [0.1, 0.15) is 44.9 Å². The number of aliphatic hydroxyl groups is 1. The molecule has 0 spiro atoms. The van der Waals surface area contributed by atoms with Crippen LogP contribution in [0.15, 0.2) is 10.9 Å². The van der Waals surface area contributed by atoms with Gasteiger partial charge in [0.25, 0.3) is 5.56 Å². The second-order valence-electron chi connectivity index (χ2n) is 4.37. The number of aromatic nitrogens is 2. The minimum atomic E-state index is -0.0994. The van der Waals surface area contributed by atoms with E-state index in [-0.39, 0.29) is 23.2 Å². The van der Waals surface area contributed by atoms with Crippen molar-refractivity contribution in [2.24, 2.45) is 0 Å². The molecule has 0 aliphatic heterocycles. The maximum atomic E-state index is 11.8. The molecule has 96 valence electrons. The van der Waals surface area contributed by atoms with E-state index in [0.717, 1.165) is 25.1 Å². The van der Waals surface area contributed by atoms with Crippen molar-refractivity contribution in [1.82, 2.24) is 9.55 Å². The van der Waals surface area contributed by atoms with Gasteiger partial charge in [-0.1, -0.05) is 25.4 Å². The fraction of sp³-hybridized carbons (Fsp3) is 0.667. The Hall–Kier alpha value is -0.870. The van der Waals surface area contributed by atoms with Gasteiger partial charge in [-0.2, -0.15) is 0 Å². The van der Waals surface area contributed by atoms with Crippen molar-refractivity contribution in [1.29, 1.82) is 0 Å². The maximum absolute atomic E-state index is 11.8. The van der Waals surface area contributed by atoms with Crippen molar-refractivity contribution < 1.29 is 5.11 Å². The summed E-state index contributed by atoms with van der Waals surface area (Å²) in [6.45, 7) is 4.81. The van der Waals surface area contributed by atoms with E-state index in [1.165, 1.54) is 6.07 Å². The zero-order valence-corrected chi connectivity index (χ0v) is 11.1. The van der Waals surface area contributed by atoms with E-state index in [4.69, 9.17) is 16.7 Å². The van der Waals surface area contributed by atoms with Crippen LogP contribution in [0.2, 0.25) is 5.15 Å². The van der Waals surface area contributed by atoms with E-state index < -0.39 is 0 Å². The molecular weight excluding hydrogens is 240 g/mol. The third-order valence-corrected chi connectivity index (χ3v) is 2.76. The molecular formula is C12H19ClN2O2. The molecule has 0 atom stereocenters. The monoisotopic (exact) mass is 258 g/mol. The summed E-state index contributed by atoms with van der Waals surface area (Å²) in [5.41, 5.74) is -0.0994. The van der Waals surface area contributed by atoms with Crippen molar-refractivity contribution in [2.45, 2.75) is 45.6 Å². The molecule has 5 heteroatoms. The van der Waals surface area contributed by atoms with Crippen LogP contribution in [0.4, 0.5) is 0 Å². The van der Waals surface area contributed by atoms with Crippen molar-refractivity contribution >= 4 is 11.6 Å². The molecule has 0 aromatic carbocycles. The lowest BCUT2D eigenvalue weighted by atomic mass is 10.2. The first-order chi connectivity index (χ1) is 8.06. The van der Waals surface area contributed by atoms with Crippen LogP contribution in [0.5, 0.6) is 0 Å². The van der Waals surface area contributed by atoms with E-state index in [2.05, 4.69) is 4.98 Å². The fourth-order valence-corrected chi connectivity index (χ4v) is 1.90. The second kappa shape index (κ2) is 6.77. The van der Waals surface area contributed by atoms with Crippen LogP contribution in [0.25, 0.3) is 0 Å². The van der Waals surface area contributed by atoms with Crippen LogP contribution in [-0.2, 0) is 6.54 Å². The second-order valence-corrected chi connectivity index (χ2v) is 4.75. The Kier molecular flexibility index (Phi) is 5.65. The number of halogens is 1. The topological polar surface area (TPSA) is 55.1 Å². The Morgan fingerprint density at radius 2 is 2.12 bits per heavy atom. The summed E-state index contributed by atoms with van der Waals surface area (Å²) in [5, 5.41) is 8.95. The molecule has 0 unspecified atom stereocenters. The molecule has 17 heavy (non-hydrogen) atoms. The van der Waals surface area contributed by atoms with Gasteiger partial charge < -0.3 is 5.11 Å². The number of unbranched alkanes of at least 4 members (excludes halogenated alkanes) is 2. The lowest BCUT2D eigenvalue weighted by molar-refractivity contribution is 0.281. The minimum absolute atomic E-state index is 0.0994. The molecule has 0 fully saturated rings. The van der Waals surface area contributed by atoms with Gasteiger partial charge >= 0.3 is 0 Å². The predicted molar refractivity (Wildman–Crippen MR) is 68.5 cm³/mol. The molecule has 4 nitrogen and oxygen atoms in total. The Morgan fingerprint density at radius 3 is 2.71 bits per heavy atom. The molecule has 1 aromatic rings. The van der Waals surface area contributed by atoms with Crippen LogP contribution >= 0.6 is 11.6 Å². The lowest BCUT2D eigenvalue weighted by Crippen LogP contribution is -2.25. The Balaban J connectivity index is 2.85. The summed E-state index contributed by atoms with van der Waals surface area (Å²) in [4.78, 5) is 16.0. The van der Waals surface area contributed by atoms with Crippen molar-refractivity contribution in [3.8, 4) is 0 Å². The Bertz CT molecular complexity index is 415. The maximum Gasteiger partial charge on any atom is 0.254 e. The summed E-state index contributed by atoms with van der Waals surface area (Å²) < 4.78 is 1.67. The molecule has 0 saturated heterocycles. The SMILES string of the molecule is CC(C)c1nc(Cl)cc(=O)n1CCCCCO. The average Bonchev–Trinajstić information content (AvgIpc) is 2.25. The van der Waals surface area contributed by atoms with Gasteiger partial charge in [0.05, 0.1) is 0 Å². The van der Waals surface area contributed by atoms with Gasteiger partial charge in [-0.3, -0.25) is 9.36 Å². The van der Waals surface area contributed by atoms with Crippen LogP contribution < -0.4 is 5.56 Å². The van der Waals surface area contributed by atoms with E-state index in [0.29, 0.717) is 6.54 Å². The summed E-state index contributed by atoms with van der Waals surface area (Å²) in [6.07, 6.45) is 2.54. The molecule has 1 rings (SSSR count). The quantitative estimate of drug-likeness (QED) is 0.629. The number of aliphatic hydroxyl groups excluding tert-OH is 1. The van der Waals surface area contributed by atoms with Gasteiger partial charge in [0, 0.05) is 25.1 Å². The first-order valence-electron chi connectivity index (χ1n) is 5.94. The van der Waals surface area contributed by atoms with Crippen LogP contribution in [0, 0.1) is 0 Å². The first kappa shape index (κ1) is 14.2. The van der Waals surface area contributed by atoms with Crippen molar-refractivity contribution in [2.75, 3.05) is 6.61 Å². The summed E-state index contributed by atoms with van der Waals surface area (Å²) in [6, 6.07) is 1.35. The van der Waals surface area contributed by atoms with E-state index in [1.807, 2.05) is 13.8 Å². The van der Waals surface area contributed by atoms with Crippen LogP contribution in [-0.4, -0.2) is 21.3 Å². The molecule has 0 amide bonds. The molecule has 0 radical (unpaired) electrons. The summed E-state index contributed by atoms with van der Waals surface area (Å²) in [5.74, 6) is 0.894. The molecule has 1 N–H and O–H groups in total. The molecule has 0 saturated carbocycles. The van der Waals surface area contributed by atoms with Gasteiger partial charge in [0.1, 0.15) is 11.0 Å². The number of nitrogens with zero attached hydrogens (tertiary/aromatic N) is 2. The van der Waals surface area contributed by atoms with Crippen LogP contribution in [0.3, 0.4) is 0 Å². The van der Waals surface area contributed by atoms with Gasteiger partial charge in [-0.25, -0.2) is 4.98 Å². The standard InChI is InChI=1S/C12H19ClN2O2/c1-9(2)12-14-10(13)8-11(17)15(12)6-4-3-5-7-16/h8-9,16H,3-7H2,1-2H3. The van der Waals surface area contributed by atoms with Crippen molar-refractivity contribution in [3.63, 3.8) is 0 Å². The van der Waals surface area contributed by atoms with E-state index in [1.54, 1.807) is 4.57 Å². The van der Waals surface area contributed by atoms with Gasteiger partial charge in [0.15, 0.2) is 0 Å². The normalized spacial score (nSPS) is 11.1. The smallest absolute Gasteiger partial charge is 0.254 e. The van der Waals surface area contributed by atoms with Crippen molar-refractivity contribution in [3.05, 3.63) is 27.4 Å². The fourth-order valence-electron chi connectivity index (χ4n) is 1.72. The number of rotatable bonds is 6. The van der Waals surface area contributed by atoms with Gasteiger partial charge in [-0.15, -0.1) is 0 Å². The largest absolute Gasteiger partial charge is 0.396 e. The highest BCUT2D eigenvalue weighted by atomic mass is 35.5. The Morgan fingerprint density at radius 1 is 1.41 bits per heavy atom. The van der Waals surface area contributed by atoms with Gasteiger partial charge in [-0.05, 0) is 19.3 Å². The van der Waals surface area contributed by atoms with E-state index in [9.17, 15) is 4.79 Å². The highest BCUT2D eigenvalue weighted by Crippen LogP contribution is 2.13. The number of hydrogen-bond donors (Lipinski definition) is 1. The minimum Gasteiger partial charge on any atom is -0.396 e. The zero-order chi connectivity index (χ0) is 12.8. The molecule has 1 heterocycles. The van der Waals surface area contributed by atoms with Gasteiger partial charge in [0.2, 0.25) is 0 Å². The average molecular weight is 259 g/mol. The van der Waals surface area contributed by atoms with E-state index >= 15 is 0 Å². The Labute approximate surface area is 106 Å². The summed E-state index contributed by atoms with van der Waals surface area (Å²) >= 11 is 5.79. The summed E-state index contributed by atoms with van der Waals surface area (Å²) in [7, 11) is 0. The zero-order valence-electron chi connectivity index (χ0n) is 10.3. The highest BCUT2D eigenvalue weighted by Gasteiger charge is 2.10. The molecule has 0 bridgehead atoms. The molecule has 0 aliphatic carbocycles. The number of hydrogen-bond acceptors (Lipinski definition) is 3. The molecule has 1 aromatic heterocycles. The lowest BCUT2D eigenvalue weighted by Gasteiger charge is -2.14. The first-order valence-corrected chi connectivity index (χ1v) is 6.32.